The van der Waals surface area contributed by atoms with Crippen LogP contribution in [0.15, 0.2) is 42.5 Å². The smallest absolute Gasteiger partial charge is 0.124 e. The van der Waals surface area contributed by atoms with Crippen molar-refractivity contribution in [1.82, 2.24) is 0 Å². The van der Waals surface area contributed by atoms with Crippen molar-refractivity contribution in [2.75, 3.05) is 11.9 Å². The minimum atomic E-state index is -0.368. The predicted molar refractivity (Wildman–Crippen MR) is 85.3 cm³/mol. The van der Waals surface area contributed by atoms with E-state index in [1.807, 2.05) is 11.9 Å². The zero-order chi connectivity index (χ0) is 15.4. The van der Waals surface area contributed by atoms with Crippen LogP contribution in [0, 0.1) is 11.2 Å². The van der Waals surface area contributed by atoms with E-state index in [0.29, 0.717) is 12.1 Å². The molecule has 0 unspecified atom stereocenters. The summed E-state index contributed by atoms with van der Waals surface area (Å²) in [6, 6.07) is 12.8. The Balaban J connectivity index is 2.18. The number of nitrogen functional groups attached to an aromatic ring is 1. The van der Waals surface area contributed by atoms with Crippen molar-refractivity contribution in [2.24, 2.45) is 5.73 Å². The molecule has 110 valence electrons. The Morgan fingerprint density at radius 1 is 1.14 bits per heavy atom. The molecule has 2 rings (SSSR count). The van der Waals surface area contributed by atoms with Crippen LogP contribution in [0.1, 0.15) is 23.6 Å². The molecule has 0 saturated heterocycles. The van der Waals surface area contributed by atoms with E-state index in [1.54, 1.807) is 6.07 Å². The number of nitrogens with one attached hydrogen (secondary N) is 1. The van der Waals surface area contributed by atoms with E-state index >= 15 is 0 Å². The summed E-state index contributed by atoms with van der Waals surface area (Å²) in [7, 11) is 1.96. The number of nitrogens with zero attached hydrogens (tertiary/aromatic N) is 1. The molecule has 0 spiro atoms. The maximum Gasteiger partial charge on any atom is 0.124 e. The van der Waals surface area contributed by atoms with Crippen molar-refractivity contribution in [3.8, 4) is 0 Å². The molecular formula is C17H20FN3. The van der Waals surface area contributed by atoms with Crippen LogP contribution in [0.5, 0.6) is 0 Å². The third-order valence-corrected chi connectivity index (χ3v) is 3.47. The standard InChI is InChI=1S/C17H20FN3/c1-3-12-4-6-16(7-5-12)21(2)11-13-8-14(17(19)20)10-15(18)9-13/h4-10H,3,11H2,1-2H3,(H3,19,20). The van der Waals surface area contributed by atoms with Gasteiger partial charge in [-0.05, 0) is 47.9 Å². The number of aryl methyl sites for hydroxylation is 1. The molecule has 2 aromatic carbocycles. The summed E-state index contributed by atoms with van der Waals surface area (Å²) in [5.41, 5.74) is 9.00. The summed E-state index contributed by atoms with van der Waals surface area (Å²) in [4.78, 5) is 2.04. The third-order valence-electron chi connectivity index (χ3n) is 3.47. The first kappa shape index (κ1) is 15.0. The Morgan fingerprint density at radius 3 is 2.38 bits per heavy atom. The molecule has 21 heavy (non-hydrogen) atoms. The van der Waals surface area contributed by atoms with Gasteiger partial charge in [0.25, 0.3) is 0 Å². The largest absolute Gasteiger partial charge is 0.384 e. The summed E-state index contributed by atoms with van der Waals surface area (Å²) >= 11 is 0. The molecule has 0 amide bonds. The van der Waals surface area contributed by atoms with E-state index in [2.05, 4.69) is 31.2 Å². The second-order valence-electron chi connectivity index (χ2n) is 5.14. The van der Waals surface area contributed by atoms with Crippen molar-refractivity contribution >= 4 is 11.5 Å². The summed E-state index contributed by atoms with van der Waals surface area (Å²) in [6.07, 6.45) is 1.01. The van der Waals surface area contributed by atoms with Gasteiger partial charge in [-0.15, -0.1) is 0 Å². The highest BCUT2D eigenvalue weighted by Crippen LogP contribution is 2.18. The lowest BCUT2D eigenvalue weighted by atomic mass is 10.1. The predicted octanol–water partition coefficient (Wildman–Crippen LogP) is 3.31. The van der Waals surface area contributed by atoms with E-state index in [1.165, 1.54) is 17.7 Å². The Kier molecular flexibility index (Phi) is 4.58. The minimum absolute atomic E-state index is 0.120. The fourth-order valence-corrected chi connectivity index (χ4v) is 2.25. The van der Waals surface area contributed by atoms with Gasteiger partial charge in [0, 0.05) is 24.8 Å². The highest BCUT2D eigenvalue weighted by atomic mass is 19.1. The molecule has 0 aliphatic heterocycles. The first-order chi connectivity index (χ1) is 9.99. The average molecular weight is 285 g/mol. The van der Waals surface area contributed by atoms with Gasteiger partial charge in [0.1, 0.15) is 11.7 Å². The third kappa shape index (κ3) is 3.81. The number of halogens is 1. The van der Waals surface area contributed by atoms with E-state index in [0.717, 1.165) is 17.7 Å². The molecule has 0 aliphatic carbocycles. The lowest BCUT2D eigenvalue weighted by Gasteiger charge is -2.20. The van der Waals surface area contributed by atoms with Crippen LogP contribution in [0.25, 0.3) is 0 Å². The maximum absolute atomic E-state index is 13.6. The number of hydrogen-bond acceptors (Lipinski definition) is 2. The summed E-state index contributed by atoms with van der Waals surface area (Å²) in [6.45, 7) is 2.68. The summed E-state index contributed by atoms with van der Waals surface area (Å²) in [5.74, 6) is -0.488. The van der Waals surface area contributed by atoms with Crippen molar-refractivity contribution in [3.63, 3.8) is 0 Å². The van der Waals surface area contributed by atoms with Gasteiger partial charge in [0.05, 0.1) is 0 Å². The van der Waals surface area contributed by atoms with Crippen LogP contribution < -0.4 is 10.6 Å². The molecular weight excluding hydrogens is 265 g/mol. The van der Waals surface area contributed by atoms with Crippen LogP contribution in [0.2, 0.25) is 0 Å². The number of rotatable bonds is 5. The molecule has 3 nitrogen and oxygen atoms in total. The van der Waals surface area contributed by atoms with Gasteiger partial charge >= 0.3 is 0 Å². The van der Waals surface area contributed by atoms with E-state index in [4.69, 9.17) is 11.1 Å². The number of nitrogens with two attached hydrogens (primary N) is 1. The van der Waals surface area contributed by atoms with Gasteiger partial charge in [0.2, 0.25) is 0 Å². The quantitative estimate of drug-likeness (QED) is 0.654. The van der Waals surface area contributed by atoms with Crippen molar-refractivity contribution < 1.29 is 4.39 Å². The van der Waals surface area contributed by atoms with Gasteiger partial charge in [-0.25, -0.2) is 4.39 Å². The number of benzene rings is 2. The minimum Gasteiger partial charge on any atom is -0.384 e. The number of amidine groups is 1. The molecule has 0 aliphatic rings. The Hall–Kier alpha value is -2.36. The van der Waals surface area contributed by atoms with E-state index < -0.39 is 0 Å². The van der Waals surface area contributed by atoms with Gasteiger partial charge in [-0.1, -0.05) is 19.1 Å². The second-order valence-corrected chi connectivity index (χ2v) is 5.14. The molecule has 0 atom stereocenters. The lowest BCUT2D eigenvalue weighted by molar-refractivity contribution is 0.624. The van der Waals surface area contributed by atoms with E-state index in [-0.39, 0.29) is 11.7 Å². The monoisotopic (exact) mass is 285 g/mol. The summed E-state index contributed by atoms with van der Waals surface area (Å²) < 4.78 is 13.6. The van der Waals surface area contributed by atoms with Gasteiger partial charge in [-0.2, -0.15) is 0 Å². The molecule has 0 heterocycles. The van der Waals surface area contributed by atoms with Crippen LogP contribution >= 0.6 is 0 Å². The Morgan fingerprint density at radius 2 is 1.81 bits per heavy atom. The van der Waals surface area contributed by atoms with Crippen molar-refractivity contribution in [1.29, 1.82) is 5.41 Å². The first-order valence-electron chi connectivity index (χ1n) is 6.93. The molecule has 2 aromatic rings. The topological polar surface area (TPSA) is 53.1 Å². The number of hydrogen-bond donors (Lipinski definition) is 2. The van der Waals surface area contributed by atoms with Gasteiger partial charge in [0.15, 0.2) is 0 Å². The van der Waals surface area contributed by atoms with Crippen LogP contribution in [0.4, 0.5) is 10.1 Å². The average Bonchev–Trinajstić information content (AvgIpc) is 2.46. The fourth-order valence-electron chi connectivity index (χ4n) is 2.25. The fraction of sp³-hybridized carbons (Fsp3) is 0.235. The van der Waals surface area contributed by atoms with Crippen LogP contribution in [0.3, 0.4) is 0 Å². The highest BCUT2D eigenvalue weighted by molar-refractivity contribution is 5.95. The first-order valence-corrected chi connectivity index (χ1v) is 6.93. The molecule has 0 aromatic heterocycles. The number of anilines is 1. The second kappa shape index (κ2) is 6.39. The molecule has 4 heteroatoms. The van der Waals surface area contributed by atoms with Crippen molar-refractivity contribution in [3.05, 3.63) is 65.0 Å². The molecule has 0 bridgehead atoms. The summed E-state index contributed by atoms with van der Waals surface area (Å²) in [5, 5.41) is 7.42. The maximum atomic E-state index is 13.6. The molecule has 3 N–H and O–H groups in total. The zero-order valence-electron chi connectivity index (χ0n) is 12.4. The Bertz CT molecular complexity index is 635. The van der Waals surface area contributed by atoms with Gasteiger partial charge < -0.3 is 10.6 Å². The van der Waals surface area contributed by atoms with Crippen LogP contribution in [-0.2, 0) is 13.0 Å². The SMILES string of the molecule is CCc1ccc(N(C)Cc2cc(F)cc(C(=N)N)c2)cc1. The Labute approximate surface area is 124 Å². The van der Waals surface area contributed by atoms with E-state index in [9.17, 15) is 4.39 Å². The van der Waals surface area contributed by atoms with Crippen molar-refractivity contribution in [2.45, 2.75) is 19.9 Å². The molecule has 0 saturated carbocycles. The van der Waals surface area contributed by atoms with Gasteiger partial charge in [-0.3, -0.25) is 5.41 Å². The van der Waals surface area contributed by atoms with Crippen LogP contribution in [-0.4, -0.2) is 12.9 Å². The highest BCUT2D eigenvalue weighted by Gasteiger charge is 2.07. The molecule has 0 fully saturated rings. The zero-order valence-corrected chi connectivity index (χ0v) is 12.4. The lowest BCUT2D eigenvalue weighted by Crippen LogP contribution is -2.18. The molecule has 0 radical (unpaired) electrons. The normalized spacial score (nSPS) is 10.4.